The molecule has 15 nitrogen and oxygen atoms in total. The maximum Gasteiger partial charge on any atom is 0.480 e. The molecule has 0 saturated carbocycles. The van der Waals surface area contributed by atoms with Crippen molar-refractivity contribution in [1.82, 2.24) is 30.8 Å². The number of carbonyl (C=O) groups is 4. The van der Waals surface area contributed by atoms with Gasteiger partial charge in [0, 0.05) is 51.5 Å². The molecule has 2 heterocycles. The predicted octanol–water partition coefficient (Wildman–Crippen LogP) is 2.06. The van der Waals surface area contributed by atoms with Crippen LogP contribution in [-0.4, -0.2) is 106 Å². The maximum atomic E-state index is 13.8. The van der Waals surface area contributed by atoms with Crippen LogP contribution < -0.4 is 16.0 Å². The van der Waals surface area contributed by atoms with Crippen LogP contribution in [-0.2, 0) is 34.7 Å². The highest BCUT2D eigenvalue weighted by Gasteiger charge is 2.35. The van der Waals surface area contributed by atoms with Crippen molar-refractivity contribution in [3.8, 4) is 0 Å². The highest BCUT2D eigenvalue weighted by molar-refractivity contribution is 7.40. The monoisotopic (exact) mass is 716 g/mol. The molecule has 5 N–H and O–H groups in total. The molecular weight excluding hydrogens is 666 g/mol. The summed E-state index contributed by atoms with van der Waals surface area (Å²) in [5.74, 6) is -4.92. The fourth-order valence-electron chi connectivity index (χ4n) is 5.59. The lowest BCUT2D eigenvalue weighted by molar-refractivity contribution is -0.139. The van der Waals surface area contributed by atoms with Crippen LogP contribution in [0.15, 0.2) is 48.9 Å². The summed E-state index contributed by atoms with van der Waals surface area (Å²) in [5, 5.41) is 17.0. The van der Waals surface area contributed by atoms with Gasteiger partial charge in [-0.2, -0.15) is 0 Å². The van der Waals surface area contributed by atoms with Crippen LogP contribution in [0.25, 0.3) is 0 Å². The van der Waals surface area contributed by atoms with Gasteiger partial charge in [-0.1, -0.05) is 50.6 Å². The molecule has 1 aliphatic heterocycles. The van der Waals surface area contributed by atoms with Gasteiger partial charge in [-0.05, 0) is 50.1 Å². The average Bonchev–Trinajstić information content (AvgIpc) is 3.09. The van der Waals surface area contributed by atoms with E-state index in [1.807, 2.05) is 30.3 Å². The molecule has 0 radical (unpaired) electrons. The van der Waals surface area contributed by atoms with E-state index in [0.29, 0.717) is 26.1 Å². The van der Waals surface area contributed by atoms with Gasteiger partial charge in [0.2, 0.25) is 25.6 Å². The Morgan fingerprint density at radius 2 is 1.68 bits per heavy atom. The van der Waals surface area contributed by atoms with Crippen LogP contribution in [0.5, 0.6) is 0 Å². The number of aliphatic carboxylic acids is 1. The molecule has 3 rings (SSSR count). The molecule has 17 heteroatoms. The molecule has 2 unspecified atom stereocenters. The van der Waals surface area contributed by atoms with Crippen LogP contribution in [0.4, 0.5) is 0 Å². The highest BCUT2D eigenvalue weighted by Crippen LogP contribution is 2.20. The minimum Gasteiger partial charge on any atom is -0.479 e. The van der Waals surface area contributed by atoms with Crippen LogP contribution >= 0.6 is 8.03 Å². The van der Waals surface area contributed by atoms with Crippen LogP contribution in [0.1, 0.15) is 74.8 Å². The van der Waals surface area contributed by atoms with Gasteiger partial charge >= 0.3 is 13.1 Å². The molecule has 1 saturated heterocycles. The molecule has 0 bridgehead atoms. The lowest BCUT2D eigenvalue weighted by Crippen LogP contribution is -2.56. The van der Waals surface area contributed by atoms with Crippen LogP contribution in [0.2, 0.25) is 0 Å². The van der Waals surface area contributed by atoms with E-state index >= 15 is 0 Å². The van der Waals surface area contributed by atoms with Crippen molar-refractivity contribution in [2.45, 2.75) is 83.0 Å². The first-order chi connectivity index (χ1) is 24.0. The second kappa shape index (κ2) is 22.2. The zero-order valence-electron chi connectivity index (χ0n) is 28.8. The van der Waals surface area contributed by atoms with E-state index in [1.165, 1.54) is 18.6 Å². The molecule has 2 aromatic rings. The Labute approximate surface area is 294 Å². The van der Waals surface area contributed by atoms with Gasteiger partial charge in [-0.25, -0.2) is 9.78 Å². The third-order valence-electron chi connectivity index (χ3n) is 8.06. The zero-order chi connectivity index (χ0) is 36.3. The van der Waals surface area contributed by atoms with Crippen LogP contribution in [0, 0.1) is 5.92 Å². The van der Waals surface area contributed by atoms with Crippen LogP contribution in [0.3, 0.4) is 0 Å². The molecule has 1 aliphatic rings. The summed E-state index contributed by atoms with van der Waals surface area (Å²) in [5.41, 5.74) is 1.00. The van der Waals surface area contributed by atoms with Crippen molar-refractivity contribution < 1.29 is 43.1 Å². The number of unbranched alkanes of at least 4 members (excludes halogenated alkanes) is 2. The molecule has 50 heavy (non-hydrogen) atoms. The normalized spacial score (nSPS) is 16.8. The molecular formula is C33H50BN6O9P. The summed E-state index contributed by atoms with van der Waals surface area (Å²) >= 11 is 0. The second-order valence-electron chi connectivity index (χ2n) is 12.7. The first kappa shape index (κ1) is 40.7. The van der Waals surface area contributed by atoms with E-state index in [-0.39, 0.29) is 30.4 Å². The minimum absolute atomic E-state index is 0.0805. The molecule has 1 fully saturated rings. The quantitative estimate of drug-likeness (QED) is 0.0854. The van der Waals surface area contributed by atoms with Gasteiger partial charge in [0.25, 0.3) is 5.91 Å². The first-order valence-electron chi connectivity index (χ1n) is 17.1. The van der Waals surface area contributed by atoms with Crippen molar-refractivity contribution in [2.75, 3.05) is 32.8 Å². The average molecular weight is 717 g/mol. The van der Waals surface area contributed by atoms with E-state index in [0.717, 1.165) is 50.9 Å². The smallest absolute Gasteiger partial charge is 0.479 e. The Morgan fingerprint density at radius 3 is 2.28 bits per heavy atom. The van der Waals surface area contributed by atoms with Crippen molar-refractivity contribution >= 4 is 38.8 Å². The van der Waals surface area contributed by atoms with Gasteiger partial charge < -0.3 is 40.2 Å². The Balaban J connectivity index is 1.52. The number of benzene rings is 1. The van der Waals surface area contributed by atoms with E-state index in [9.17, 15) is 23.7 Å². The molecule has 3 amide bonds. The number of nitrogens with one attached hydrogen (secondary N) is 3. The molecule has 4 atom stereocenters. The standard InChI is InChI=1S/C33H50BN6O9P/c1-24(2)21-28(38-30(42)26(22-25-11-5-3-6-12-25)37-31(43)27-23-35-14-15-36-27)34-48-19-9-17-40(18-10-20-49-34)16-8-4-7-13-29(41)39-32(33(44)45)50(46)47/h3,5-6,11-12,14-15,23-24,26,28,32,50H,4,7-10,13,16-22H2,1-2H3,(H,37,43)(H,38,42)(H,39,41)(H,44,45)(H,46,47)/t26-,28-,32?/m1/s1. The summed E-state index contributed by atoms with van der Waals surface area (Å²) in [6.45, 7) is 7.36. The molecule has 0 spiro atoms. The molecule has 1 aromatic heterocycles. The Kier molecular flexibility index (Phi) is 18.1. The lowest BCUT2D eigenvalue weighted by Gasteiger charge is -2.30. The van der Waals surface area contributed by atoms with Gasteiger partial charge in [-0.15, -0.1) is 0 Å². The van der Waals surface area contributed by atoms with Gasteiger partial charge in [0.15, 0.2) is 0 Å². The predicted molar refractivity (Wildman–Crippen MR) is 187 cm³/mol. The molecule has 274 valence electrons. The first-order valence-corrected chi connectivity index (χ1v) is 18.6. The number of carboxylic acid groups (broad SMARTS) is 1. The number of hydrogen-bond donors (Lipinski definition) is 5. The van der Waals surface area contributed by atoms with Gasteiger partial charge in [-0.3, -0.25) is 23.9 Å². The third kappa shape index (κ3) is 15.1. The number of aromatic nitrogens is 2. The summed E-state index contributed by atoms with van der Waals surface area (Å²) in [6, 6.07) is 8.58. The van der Waals surface area contributed by atoms with Gasteiger partial charge in [0.05, 0.1) is 12.1 Å². The minimum atomic E-state index is -3.42. The zero-order valence-corrected chi connectivity index (χ0v) is 29.8. The summed E-state index contributed by atoms with van der Waals surface area (Å²) in [4.78, 5) is 69.2. The summed E-state index contributed by atoms with van der Waals surface area (Å²) < 4.78 is 23.6. The number of amides is 3. The molecule has 0 aliphatic carbocycles. The highest BCUT2D eigenvalue weighted by atomic mass is 31.1. The number of rotatable bonds is 18. The topological polar surface area (TPSA) is 209 Å². The number of hydrogen-bond acceptors (Lipinski definition) is 10. The third-order valence-corrected chi connectivity index (χ3v) is 8.95. The van der Waals surface area contributed by atoms with Crippen molar-refractivity contribution in [3.05, 3.63) is 60.2 Å². The summed E-state index contributed by atoms with van der Waals surface area (Å²) in [7, 11) is -4.09. The SMILES string of the molecule is CC(C)C[C@@H](NC(=O)[C@@H](Cc1ccccc1)NC(=O)c1cnccn1)B1OCCCN(CCCCCC(=O)NC(C(=O)O)[PH](=O)O)CCCO1. The summed E-state index contributed by atoms with van der Waals surface area (Å²) in [6.07, 6.45) is 8.80. The van der Waals surface area contributed by atoms with E-state index in [1.54, 1.807) is 0 Å². The van der Waals surface area contributed by atoms with E-state index in [4.69, 9.17) is 19.3 Å². The number of carboxylic acids is 1. The number of nitrogens with zero attached hydrogens (tertiary/aromatic N) is 3. The lowest BCUT2D eigenvalue weighted by atomic mass is 9.73. The Bertz CT molecular complexity index is 1350. The van der Waals surface area contributed by atoms with E-state index in [2.05, 4.69) is 44.7 Å². The maximum absolute atomic E-state index is 13.8. The largest absolute Gasteiger partial charge is 0.480 e. The van der Waals surface area contributed by atoms with E-state index < -0.39 is 50.7 Å². The second-order valence-corrected chi connectivity index (χ2v) is 14.0. The molecule has 1 aromatic carbocycles. The Morgan fingerprint density at radius 1 is 0.980 bits per heavy atom. The number of carbonyl (C=O) groups excluding carboxylic acids is 3. The fraction of sp³-hybridized carbons (Fsp3) is 0.576. The Hall–Kier alpha value is -3.69. The van der Waals surface area contributed by atoms with Crippen molar-refractivity contribution in [1.29, 1.82) is 0 Å². The van der Waals surface area contributed by atoms with Crippen molar-refractivity contribution in [2.24, 2.45) is 5.92 Å². The van der Waals surface area contributed by atoms with Gasteiger partial charge in [0.1, 0.15) is 11.7 Å². The van der Waals surface area contributed by atoms with Crippen molar-refractivity contribution in [3.63, 3.8) is 0 Å². The fourth-order valence-corrected chi connectivity index (χ4v) is 6.08.